The van der Waals surface area contributed by atoms with Crippen molar-refractivity contribution in [2.45, 2.75) is 0 Å². The lowest BCUT2D eigenvalue weighted by molar-refractivity contribution is 0.0976. The number of Topliss-reactive ketones (excluding diaryl/α,β-unsaturated/α-hetero) is 1. The first-order valence-electron chi connectivity index (χ1n) is 8.15. The van der Waals surface area contributed by atoms with Gasteiger partial charge in [-0.15, -0.1) is 0 Å². The van der Waals surface area contributed by atoms with Crippen molar-refractivity contribution in [2.75, 3.05) is 0 Å². The maximum atomic E-state index is 12.3. The Morgan fingerprint density at radius 3 is 1.68 bits per heavy atom. The van der Waals surface area contributed by atoms with Crippen LogP contribution in [0.25, 0.3) is 11.1 Å². The fourth-order valence-electron chi connectivity index (χ4n) is 3.23. The maximum absolute atomic E-state index is 12.3. The van der Waals surface area contributed by atoms with Crippen molar-refractivity contribution in [1.29, 1.82) is 0 Å². The van der Waals surface area contributed by atoms with Gasteiger partial charge >= 0.3 is 0 Å². The first-order valence-corrected chi connectivity index (χ1v) is 8.15. The molecule has 1 N–H and O–H groups in total. The number of fused-ring (bicyclic) bond motifs is 1. The molecule has 0 fully saturated rings. The quantitative estimate of drug-likeness (QED) is 0.696. The summed E-state index contributed by atoms with van der Waals surface area (Å²) < 4.78 is 0. The first-order chi connectivity index (χ1) is 12.3. The van der Waals surface area contributed by atoms with Gasteiger partial charge in [-0.2, -0.15) is 0 Å². The molecular formula is C23H16O2. The summed E-state index contributed by atoms with van der Waals surface area (Å²) in [5, 5.41) is 10.2. The SMILES string of the molecule is O=C1C(O)=CC(=C(c2ccccc2)c2ccccc2)c2ccccc21. The molecule has 1 aliphatic carbocycles. The maximum Gasteiger partial charge on any atom is 0.227 e. The average Bonchev–Trinajstić information content (AvgIpc) is 2.68. The van der Waals surface area contributed by atoms with Gasteiger partial charge in [-0.3, -0.25) is 4.79 Å². The summed E-state index contributed by atoms with van der Waals surface area (Å²) in [4.78, 5) is 12.3. The van der Waals surface area contributed by atoms with E-state index in [-0.39, 0.29) is 11.5 Å². The van der Waals surface area contributed by atoms with Gasteiger partial charge in [-0.1, -0.05) is 84.9 Å². The lowest BCUT2D eigenvalue weighted by Gasteiger charge is -2.20. The Balaban J connectivity index is 2.09. The molecule has 0 aliphatic heterocycles. The summed E-state index contributed by atoms with van der Waals surface area (Å²) in [6, 6.07) is 27.5. The van der Waals surface area contributed by atoms with Crippen molar-refractivity contribution < 1.29 is 9.90 Å². The first kappa shape index (κ1) is 15.2. The molecule has 0 amide bonds. The van der Waals surface area contributed by atoms with Crippen LogP contribution < -0.4 is 0 Å². The van der Waals surface area contributed by atoms with Crippen molar-refractivity contribution in [3.05, 3.63) is 119 Å². The van der Waals surface area contributed by atoms with Crippen LogP contribution in [-0.4, -0.2) is 10.9 Å². The molecule has 25 heavy (non-hydrogen) atoms. The number of rotatable bonds is 2. The van der Waals surface area contributed by atoms with E-state index in [9.17, 15) is 9.90 Å². The predicted molar refractivity (Wildman–Crippen MR) is 100 cm³/mol. The van der Waals surface area contributed by atoms with Gasteiger partial charge in [0, 0.05) is 5.56 Å². The highest BCUT2D eigenvalue weighted by Crippen LogP contribution is 2.37. The van der Waals surface area contributed by atoms with Crippen LogP contribution in [0.5, 0.6) is 0 Å². The largest absolute Gasteiger partial charge is 0.504 e. The molecule has 2 heteroatoms. The molecule has 0 saturated heterocycles. The normalized spacial score (nSPS) is 13.2. The highest BCUT2D eigenvalue weighted by molar-refractivity contribution is 6.18. The third kappa shape index (κ3) is 2.68. The fourth-order valence-corrected chi connectivity index (χ4v) is 3.23. The van der Waals surface area contributed by atoms with E-state index in [4.69, 9.17) is 0 Å². The van der Waals surface area contributed by atoms with Crippen LogP contribution in [-0.2, 0) is 0 Å². The molecule has 3 aromatic carbocycles. The van der Waals surface area contributed by atoms with E-state index in [0.717, 1.165) is 27.8 Å². The minimum atomic E-state index is -0.333. The lowest BCUT2D eigenvalue weighted by Crippen LogP contribution is -2.12. The number of hydrogen-bond acceptors (Lipinski definition) is 2. The van der Waals surface area contributed by atoms with Gasteiger partial charge in [0.1, 0.15) is 0 Å². The molecule has 0 spiro atoms. The van der Waals surface area contributed by atoms with Crippen LogP contribution in [0.15, 0.2) is 96.8 Å². The van der Waals surface area contributed by atoms with E-state index in [2.05, 4.69) is 0 Å². The summed E-state index contributed by atoms with van der Waals surface area (Å²) in [7, 11) is 0. The molecule has 2 nitrogen and oxygen atoms in total. The van der Waals surface area contributed by atoms with Crippen LogP contribution in [0.1, 0.15) is 27.0 Å². The Labute approximate surface area is 146 Å². The topological polar surface area (TPSA) is 37.3 Å². The smallest absolute Gasteiger partial charge is 0.227 e. The van der Waals surface area contributed by atoms with Crippen molar-refractivity contribution in [3.63, 3.8) is 0 Å². The molecule has 0 saturated carbocycles. The average molecular weight is 324 g/mol. The summed E-state index contributed by atoms with van der Waals surface area (Å²) >= 11 is 0. The molecule has 120 valence electrons. The zero-order valence-corrected chi connectivity index (χ0v) is 13.5. The molecule has 0 atom stereocenters. The molecule has 0 aromatic heterocycles. The van der Waals surface area contributed by atoms with E-state index >= 15 is 0 Å². The fraction of sp³-hybridized carbons (Fsp3) is 0. The van der Waals surface area contributed by atoms with Crippen LogP contribution in [0.2, 0.25) is 0 Å². The molecule has 4 rings (SSSR count). The predicted octanol–water partition coefficient (Wildman–Crippen LogP) is 5.28. The lowest BCUT2D eigenvalue weighted by atomic mass is 9.83. The monoisotopic (exact) mass is 324 g/mol. The van der Waals surface area contributed by atoms with Gasteiger partial charge < -0.3 is 5.11 Å². The minimum absolute atomic E-state index is 0.224. The van der Waals surface area contributed by atoms with Gasteiger partial charge in [0.15, 0.2) is 5.76 Å². The number of benzene rings is 3. The Kier molecular flexibility index (Phi) is 3.79. The standard InChI is InChI=1S/C23H16O2/c24-21-15-20(18-13-7-8-14-19(18)23(21)25)22(16-9-3-1-4-10-16)17-11-5-2-6-12-17/h1-15,24H. The van der Waals surface area contributed by atoms with E-state index in [1.165, 1.54) is 0 Å². The number of aliphatic hydroxyl groups is 1. The minimum Gasteiger partial charge on any atom is -0.504 e. The van der Waals surface area contributed by atoms with Crippen molar-refractivity contribution in [3.8, 4) is 0 Å². The Morgan fingerprint density at radius 1 is 0.640 bits per heavy atom. The number of carbonyl (C=O) groups is 1. The number of carbonyl (C=O) groups excluding carboxylic acids is 1. The van der Waals surface area contributed by atoms with E-state index < -0.39 is 0 Å². The Bertz CT molecular complexity index is 955. The second kappa shape index (κ2) is 6.25. The summed E-state index contributed by atoms with van der Waals surface area (Å²) in [6.45, 7) is 0. The Morgan fingerprint density at radius 2 is 1.12 bits per heavy atom. The second-order valence-electron chi connectivity index (χ2n) is 5.93. The van der Waals surface area contributed by atoms with E-state index in [1.54, 1.807) is 12.1 Å². The van der Waals surface area contributed by atoms with Gasteiger partial charge in [0.05, 0.1) is 0 Å². The van der Waals surface area contributed by atoms with Crippen LogP contribution in [0.3, 0.4) is 0 Å². The highest BCUT2D eigenvalue weighted by Gasteiger charge is 2.25. The van der Waals surface area contributed by atoms with Crippen LogP contribution in [0, 0.1) is 0 Å². The second-order valence-corrected chi connectivity index (χ2v) is 5.93. The third-order valence-electron chi connectivity index (χ3n) is 4.37. The number of aliphatic hydroxyl groups excluding tert-OH is 1. The number of ketones is 1. The summed E-state index contributed by atoms with van der Waals surface area (Å²) in [5.74, 6) is -0.558. The van der Waals surface area contributed by atoms with Crippen molar-refractivity contribution in [1.82, 2.24) is 0 Å². The third-order valence-corrected chi connectivity index (χ3v) is 4.37. The van der Waals surface area contributed by atoms with E-state index in [0.29, 0.717) is 5.56 Å². The summed E-state index contributed by atoms with van der Waals surface area (Å²) in [6.07, 6.45) is 1.58. The van der Waals surface area contributed by atoms with Gasteiger partial charge in [0.2, 0.25) is 5.78 Å². The highest BCUT2D eigenvalue weighted by atomic mass is 16.3. The van der Waals surface area contributed by atoms with Gasteiger partial charge in [-0.25, -0.2) is 0 Å². The summed E-state index contributed by atoms with van der Waals surface area (Å²) in [5.41, 5.74) is 5.29. The van der Waals surface area contributed by atoms with Gasteiger partial charge in [-0.05, 0) is 33.9 Å². The molecular weight excluding hydrogens is 308 g/mol. The molecule has 0 radical (unpaired) electrons. The van der Waals surface area contributed by atoms with Crippen molar-refractivity contribution in [2.24, 2.45) is 0 Å². The number of allylic oxidation sites excluding steroid dienone is 3. The van der Waals surface area contributed by atoms with Crippen LogP contribution in [0.4, 0.5) is 0 Å². The zero-order chi connectivity index (χ0) is 17.2. The molecule has 0 unspecified atom stereocenters. The van der Waals surface area contributed by atoms with Gasteiger partial charge in [0.25, 0.3) is 0 Å². The number of hydrogen-bond donors (Lipinski definition) is 1. The van der Waals surface area contributed by atoms with Crippen molar-refractivity contribution >= 4 is 16.9 Å². The zero-order valence-electron chi connectivity index (χ0n) is 13.5. The van der Waals surface area contributed by atoms with E-state index in [1.807, 2.05) is 78.9 Å². The molecule has 0 bridgehead atoms. The Hall–Kier alpha value is -3.39. The molecule has 0 heterocycles. The van der Waals surface area contributed by atoms with Crippen LogP contribution >= 0.6 is 0 Å². The molecule has 3 aromatic rings. The molecule has 1 aliphatic rings.